The number of ether oxygens (including phenoxy) is 1. The average molecular weight is 289 g/mol. The van der Waals surface area contributed by atoms with E-state index in [0.717, 1.165) is 23.2 Å². The number of benzene rings is 1. The fourth-order valence-corrected chi connectivity index (χ4v) is 2.12. The topological polar surface area (TPSA) is 77.2 Å². The van der Waals surface area contributed by atoms with Crippen LogP contribution in [0.1, 0.15) is 40.7 Å². The number of hydrogen-bond donors (Lipinski definition) is 1. The number of carbonyl (C=O) groups excluding carboxylic acids is 1. The van der Waals surface area contributed by atoms with Gasteiger partial charge in [0.05, 0.1) is 26.0 Å². The molecule has 0 spiro atoms. The van der Waals surface area contributed by atoms with Gasteiger partial charge < -0.3 is 9.84 Å². The predicted octanol–water partition coefficient (Wildman–Crippen LogP) is 1.56. The van der Waals surface area contributed by atoms with Gasteiger partial charge in [0.15, 0.2) is 5.69 Å². The first-order valence-corrected chi connectivity index (χ1v) is 6.89. The highest BCUT2D eigenvalue weighted by atomic mass is 16.5. The minimum Gasteiger partial charge on any atom is -0.464 e. The van der Waals surface area contributed by atoms with E-state index in [1.165, 1.54) is 7.11 Å². The van der Waals surface area contributed by atoms with Crippen LogP contribution >= 0.6 is 0 Å². The van der Waals surface area contributed by atoms with E-state index in [0.29, 0.717) is 13.0 Å². The van der Waals surface area contributed by atoms with Crippen molar-refractivity contribution in [3.05, 3.63) is 46.8 Å². The minimum atomic E-state index is -0.458. The van der Waals surface area contributed by atoms with Crippen molar-refractivity contribution >= 4 is 5.97 Å². The highest BCUT2D eigenvalue weighted by Crippen LogP contribution is 2.13. The van der Waals surface area contributed by atoms with Crippen molar-refractivity contribution in [1.29, 1.82) is 0 Å². The van der Waals surface area contributed by atoms with Gasteiger partial charge in [-0.3, -0.25) is 0 Å². The zero-order valence-corrected chi connectivity index (χ0v) is 12.2. The largest absolute Gasteiger partial charge is 0.464 e. The molecule has 0 aliphatic carbocycles. The van der Waals surface area contributed by atoms with Gasteiger partial charge in [-0.25, -0.2) is 9.48 Å². The van der Waals surface area contributed by atoms with Crippen LogP contribution in [-0.4, -0.2) is 33.2 Å². The zero-order valence-electron chi connectivity index (χ0n) is 12.2. The van der Waals surface area contributed by atoms with Gasteiger partial charge in [0.25, 0.3) is 0 Å². The fraction of sp³-hybridized carbons (Fsp3) is 0.400. The van der Waals surface area contributed by atoms with Gasteiger partial charge in [0, 0.05) is 0 Å². The Kier molecular flexibility index (Phi) is 5.05. The van der Waals surface area contributed by atoms with Gasteiger partial charge in [-0.1, -0.05) is 42.8 Å². The van der Waals surface area contributed by atoms with Gasteiger partial charge >= 0.3 is 5.97 Å². The Balaban J connectivity index is 2.25. The third-order valence-electron chi connectivity index (χ3n) is 3.24. The van der Waals surface area contributed by atoms with Gasteiger partial charge in [-0.2, -0.15) is 0 Å². The molecule has 0 saturated carbocycles. The summed E-state index contributed by atoms with van der Waals surface area (Å²) in [5.74, 6) is -0.458. The number of aliphatic hydroxyl groups excluding tert-OH is 1. The van der Waals surface area contributed by atoms with Crippen molar-refractivity contribution in [2.24, 2.45) is 0 Å². The Morgan fingerprint density at radius 3 is 2.52 bits per heavy atom. The summed E-state index contributed by atoms with van der Waals surface area (Å²) in [6.07, 6.45) is 1.60. The monoisotopic (exact) mass is 289 g/mol. The number of aromatic nitrogens is 3. The van der Waals surface area contributed by atoms with Crippen molar-refractivity contribution in [3.63, 3.8) is 0 Å². The Morgan fingerprint density at radius 1 is 1.29 bits per heavy atom. The van der Waals surface area contributed by atoms with E-state index in [2.05, 4.69) is 10.3 Å². The van der Waals surface area contributed by atoms with Crippen molar-refractivity contribution in [1.82, 2.24) is 15.0 Å². The molecule has 0 amide bonds. The third-order valence-corrected chi connectivity index (χ3v) is 3.24. The molecule has 112 valence electrons. The van der Waals surface area contributed by atoms with Crippen LogP contribution in [0.2, 0.25) is 0 Å². The number of carbonyl (C=O) groups is 1. The highest BCUT2D eigenvalue weighted by molar-refractivity contribution is 5.88. The molecule has 2 rings (SSSR count). The smallest absolute Gasteiger partial charge is 0.360 e. The molecule has 1 heterocycles. The number of hydrogen-bond acceptors (Lipinski definition) is 5. The molecular weight excluding hydrogens is 270 g/mol. The molecule has 21 heavy (non-hydrogen) atoms. The molecule has 0 saturated heterocycles. The van der Waals surface area contributed by atoms with E-state index in [1.807, 2.05) is 31.2 Å². The Hall–Kier alpha value is -2.21. The van der Waals surface area contributed by atoms with Crippen molar-refractivity contribution < 1.29 is 14.6 Å². The summed E-state index contributed by atoms with van der Waals surface area (Å²) < 4.78 is 6.46. The molecule has 1 aromatic carbocycles. The lowest BCUT2D eigenvalue weighted by Crippen LogP contribution is -2.10. The molecule has 6 nitrogen and oxygen atoms in total. The number of nitrogens with zero attached hydrogens (tertiary/aromatic N) is 3. The van der Waals surface area contributed by atoms with Crippen LogP contribution in [0.3, 0.4) is 0 Å². The Morgan fingerprint density at radius 2 is 1.95 bits per heavy atom. The quantitative estimate of drug-likeness (QED) is 0.817. The molecule has 0 fully saturated rings. The number of rotatable bonds is 6. The first-order valence-electron chi connectivity index (χ1n) is 6.89. The normalized spacial score (nSPS) is 10.6. The summed E-state index contributed by atoms with van der Waals surface area (Å²) in [4.78, 5) is 11.7. The summed E-state index contributed by atoms with van der Waals surface area (Å²) >= 11 is 0. The van der Waals surface area contributed by atoms with Crippen LogP contribution < -0.4 is 0 Å². The Bertz CT molecular complexity index is 605. The first-order chi connectivity index (χ1) is 10.2. The highest BCUT2D eigenvalue weighted by Gasteiger charge is 2.19. The second kappa shape index (κ2) is 6.99. The van der Waals surface area contributed by atoms with E-state index in [4.69, 9.17) is 9.84 Å². The second-order valence-electron chi connectivity index (χ2n) is 4.76. The van der Waals surface area contributed by atoms with E-state index >= 15 is 0 Å². The molecule has 0 atom stereocenters. The molecule has 0 aliphatic heterocycles. The van der Waals surface area contributed by atoms with E-state index < -0.39 is 5.97 Å². The van der Waals surface area contributed by atoms with Crippen molar-refractivity contribution in [2.45, 2.75) is 32.9 Å². The zero-order chi connectivity index (χ0) is 15.2. The Labute approximate surface area is 123 Å². The molecule has 1 aromatic heterocycles. The number of methoxy groups -OCH3 is 1. The lowest BCUT2D eigenvalue weighted by Gasteiger charge is -2.07. The maximum atomic E-state index is 11.7. The standard InChI is InChI=1S/C15H19N3O3/c1-3-4-13-14(15(20)21-2)16-17-18(13)9-11-5-7-12(10-19)8-6-11/h5-8,19H,3-4,9-10H2,1-2H3. The van der Waals surface area contributed by atoms with Crippen LogP contribution in [0.25, 0.3) is 0 Å². The van der Waals surface area contributed by atoms with Gasteiger partial charge in [-0.15, -0.1) is 5.10 Å². The number of esters is 1. The molecule has 2 aromatic rings. The number of aliphatic hydroxyl groups is 1. The average Bonchev–Trinajstić information content (AvgIpc) is 2.90. The lowest BCUT2D eigenvalue weighted by atomic mass is 10.1. The molecule has 0 radical (unpaired) electrons. The van der Waals surface area contributed by atoms with E-state index in [1.54, 1.807) is 4.68 Å². The summed E-state index contributed by atoms with van der Waals surface area (Å²) in [5.41, 5.74) is 2.97. The van der Waals surface area contributed by atoms with E-state index in [9.17, 15) is 4.79 Å². The first kappa shape index (κ1) is 15.2. The van der Waals surface area contributed by atoms with Crippen molar-refractivity contribution in [3.8, 4) is 0 Å². The molecular formula is C15H19N3O3. The lowest BCUT2D eigenvalue weighted by molar-refractivity contribution is 0.0592. The van der Waals surface area contributed by atoms with Gasteiger partial charge in [-0.05, 0) is 17.5 Å². The fourth-order valence-electron chi connectivity index (χ4n) is 2.12. The summed E-state index contributed by atoms with van der Waals surface area (Å²) in [6, 6.07) is 7.60. The minimum absolute atomic E-state index is 0.0250. The summed E-state index contributed by atoms with van der Waals surface area (Å²) in [5, 5.41) is 17.0. The molecule has 1 N–H and O–H groups in total. The van der Waals surface area contributed by atoms with E-state index in [-0.39, 0.29) is 12.3 Å². The van der Waals surface area contributed by atoms with Gasteiger partial charge in [0.2, 0.25) is 0 Å². The SMILES string of the molecule is CCCc1c(C(=O)OC)nnn1Cc1ccc(CO)cc1. The summed E-state index contributed by atoms with van der Waals surface area (Å²) in [6.45, 7) is 2.59. The molecule has 0 bridgehead atoms. The van der Waals surface area contributed by atoms with Gasteiger partial charge in [0.1, 0.15) is 0 Å². The van der Waals surface area contributed by atoms with Crippen LogP contribution in [0.4, 0.5) is 0 Å². The summed E-state index contributed by atoms with van der Waals surface area (Å²) in [7, 11) is 1.34. The van der Waals surface area contributed by atoms with Crippen LogP contribution in [-0.2, 0) is 24.3 Å². The molecule has 0 aliphatic rings. The molecule has 0 unspecified atom stereocenters. The third kappa shape index (κ3) is 3.46. The second-order valence-corrected chi connectivity index (χ2v) is 4.76. The maximum absolute atomic E-state index is 11.7. The van der Waals surface area contributed by atoms with Crippen LogP contribution in [0.5, 0.6) is 0 Å². The van der Waals surface area contributed by atoms with Crippen LogP contribution in [0, 0.1) is 0 Å². The predicted molar refractivity (Wildman–Crippen MR) is 76.8 cm³/mol. The van der Waals surface area contributed by atoms with Crippen LogP contribution in [0.15, 0.2) is 24.3 Å². The van der Waals surface area contributed by atoms with Crippen molar-refractivity contribution in [2.75, 3.05) is 7.11 Å². The maximum Gasteiger partial charge on any atom is 0.360 e. The molecule has 6 heteroatoms.